The highest BCUT2D eigenvalue weighted by atomic mass is 32.2. The van der Waals surface area contributed by atoms with E-state index in [1.165, 1.54) is 19.3 Å². The normalized spacial score (nSPS) is 16.3. The average molecular weight is 255 g/mol. The Balaban J connectivity index is 1.95. The predicted octanol–water partition coefficient (Wildman–Crippen LogP) is 1.51. The zero-order valence-electron chi connectivity index (χ0n) is 9.52. The van der Waals surface area contributed by atoms with Gasteiger partial charge in [-0.05, 0) is 37.0 Å². The molecule has 0 radical (unpaired) electrons. The van der Waals surface area contributed by atoms with E-state index in [9.17, 15) is 8.42 Å². The molecule has 2 rings (SSSR count). The Bertz CT molecular complexity index is 483. The molecule has 0 atom stereocenters. The van der Waals surface area contributed by atoms with Crippen molar-refractivity contribution in [1.29, 1.82) is 0 Å². The Kier molecular flexibility index (Phi) is 3.54. The van der Waals surface area contributed by atoms with Crippen LogP contribution >= 0.6 is 0 Å². The van der Waals surface area contributed by atoms with Crippen molar-refractivity contribution in [3.63, 3.8) is 0 Å². The van der Waals surface area contributed by atoms with Crippen molar-refractivity contribution < 1.29 is 8.42 Å². The molecule has 0 aliphatic heterocycles. The molecule has 0 heterocycles. The van der Waals surface area contributed by atoms with Crippen LogP contribution in [0.15, 0.2) is 24.3 Å². The largest absolute Gasteiger partial charge is 0.385 e. The van der Waals surface area contributed by atoms with Crippen LogP contribution in [-0.2, 0) is 10.2 Å². The van der Waals surface area contributed by atoms with E-state index in [0.717, 1.165) is 18.2 Å². The van der Waals surface area contributed by atoms with E-state index in [2.05, 4.69) is 10.0 Å². The Morgan fingerprint density at radius 2 is 2.00 bits per heavy atom. The summed E-state index contributed by atoms with van der Waals surface area (Å²) in [5, 5.41) is 8.21. The van der Waals surface area contributed by atoms with E-state index >= 15 is 0 Å². The van der Waals surface area contributed by atoms with E-state index < -0.39 is 10.2 Å². The second-order valence-electron chi connectivity index (χ2n) is 4.41. The third-order valence-corrected chi connectivity index (χ3v) is 3.46. The lowest BCUT2D eigenvalue weighted by molar-refractivity contribution is 0.333. The molecule has 1 fully saturated rings. The summed E-state index contributed by atoms with van der Waals surface area (Å²) in [5.74, 6) is 0.754. The monoisotopic (exact) mass is 255 g/mol. The third kappa shape index (κ3) is 3.90. The molecule has 1 aliphatic rings. The van der Waals surface area contributed by atoms with Gasteiger partial charge in [0, 0.05) is 12.2 Å². The van der Waals surface area contributed by atoms with Crippen LogP contribution in [0.5, 0.6) is 0 Å². The first kappa shape index (κ1) is 12.2. The van der Waals surface area contributed by atoms with Gasteiger partial charge >= 0.3 is 0 Å². The maximum Gasteiger partial charge on any atom is 0.296 e. The maximum absolute atomic E-state index is 10.9. The van der Waals surface area contributed by atoms with Gasteiger partial charge in [0.2, 0.25) is 0 Å². The van der Waals surface area contributed by atoms with E-state index in [1.807, 2.05) is 6.07 Å². The Labute approximate surface area is 102 Å². The molecule has 17 heavy (non-hydrogen) atoms. The molecule has 1 aromatic carbocycles. The molecule has 0 amide bonds. The minimum Gasteiger partial charge on any atom is -0.385 e. The maximum atomic E-state index is 10.9. The molecule has 0 bridgehead atoms. The topological polar surface area (TPSA) is 84.2 Å². The zero-order chi connectivity index (χ0) is 12.3. The van der Waals surface area contributed by atoms with Gasteiger partial charge < -0.3 is 5.32 Å². The quantitative estimate of drug-likeness (QED) is 0.745. The minimum atomic E-state index is -3.70. The van der Waals surface area contributed by atoms with Gasteiger partial charge in [-0.15, -0.1) is 0 Å². The summed E-state index contributed by atoms with van der Waals surface area (Å²) in [5.41, 5.74) is 1.39. The molecule has 1 aromatic rings. The molecule has 1 aliphatic carbocycles. The fourth-order valence-electron chi connectivity index (χ4n) is 1.82. The molecule has 0 unspecified atom stereocenters. The van der Waals surface area contributed by atoms with Crippen molar-refractivity contribution in [2.24, 2.45) is 11.1 Å². The molecule has 94 valence electrons. The molecule has 5 nitrogen and oxygen atoms in total. The number of nitrogens with two attached hydrogens (primary N) is 1. The van der Waals surface area contributed by atoms with Gasteiger partial charge in [0.15, 0.2) is 0 Å². The standard InChI is InChI=1S/C11H17N3O2S/c12-17(15,16)14-11-6-2-5-10(7-11)13-8-9-3-1-4-9/h2,5-7,9,13-14H,1,3-4,8H2,(H2,12,15,16). The lowest BCUT2D eigenvalue weighted by Crippen LogP contribution is -2.22. The number of hydrogen-bond donors (Lipinski definition) is 3. The van der Waals surface area contributed by atoms with Crippen molar-refractivity contribution in [3.8, 4) is 0 Å². The first-order chi connectivity index (χ1) is 8.03. The summed E-state index contributed by atoms with van der Waals surface area (Å²) in [6, 6.07) is 7.10. The van der Waals surface area contributed by atoms with E-state index in [-0.39, 0.29) is 0 Å². The van der Waals surface area contributed by atoms with Crippen LogP contribution in [0.3, 0.4) is 0 Å². The van der Waals surface area contributed by atoms with Gasteiger partial charge in [-0.1, -0.05) is 12.5 Å². The van der Waals surface area contributed by atoms with Crippen molar-refractivity contribution in [1.82, 2.24) is 0 Å². The van der Waals surface area contributed by atoms with E-state index in [4.69, 9.17) is 5.14 Å². The lowest BCUT2D eigenvalue weighted by atomic mass is 9.85. The number of nitrogens with one attached hydrogen (secondary N) is 2. The molecule has 1 saturated carbocycles. The van der Waals surface area contributed by atoms with E-state index in [1.54, 1.807) is 18.2 Å². The van der Waals surface area contributed by atoms with Crippen LogP contribution in [0.2, 0.25) is 0 Å². The summed E-state index contributed by atoms with van der Waals surface area (Å²) in [7, 11) is -3.70. The van der Waals surface area contributed by atoms with Crippen LogP contribution in [0.25, 0.3) is 0 Å². The Morgan fingerprint density at radius 3 is 2.59 bits per heavy atom. The Hall–Kier alpha value is -1.27. The van der Waals surface area contributed by atoms with Crippen molar-refractivity contribution in [2.75, 3.05) is 16.6 Å². The van der Waals surface area contributed by atoms with Crippen LogP contribution in [0, 0.1) is 5.92 Å². The molecule has 4 N–H and O–H groups in total. The van der Waals surface area contributed by atoms with Gasteiger partial charge in [-0.3, -0.25) is 4.72 Å². The molecule has 0 saturated heterocycles. The minimum absolute atomic E-state index is 0.478. The van der Waals surface area contributed by atoms with Crippen LogP contribution in [0.1, 0.15) is 19.3 Å². The highest BCUT2D eigenvalue weighted by Crippen LogP contribution is 2.26. The second kappa shape index (κ2) is 4.93. The molecule has 0 spiro atoms. The highest BCUT2D eigenvalue weighted by molar-refractivity contribution is 7.90. The first-order valence-corrected chi connectivity index (χ1v) is 7.22. The lowest BCUT2D eigenvalue weighted by Gasteiger charge is -2.25. The third-order valence-electron chi connectivity index (χ3n) is 2.94. The van der Waals surface area contributed by atoms with Crippen molar-refractivity contribution in [3.05, 3.63) is 24.3 Å². The van der Waals surface area contributed by atoms with Crippen LogP contribution < -0.4 is 15.2 Å². The van der Waals surface area contributed by atoms with Crippen molar-refractivity contribution >= 4 is 21.6 Å². The van der Waals surface area contributed by atoms with Gasteiger partial charge in [-0.2, -0.15) is 8.42 Å². The van der Waals surface area contributed by atoms with Gasteiger partial charge in [-0.25, -0.2) is 5.14 Å². The van der Waals surface area contributed by atoms with Crippen LogP contribution in [0.4, 0.5) is 11.4 Å². The SMILES string of the molecule is NS(=O)(=O)Nc1cccc(NCC2CCC2)c1. The number of anilines is 2. The predicted molar refractivity (Wildman–Crippen MR) is 69.0 cm³/mol. The fraction of sp³-hybridized carbons (Fsp3) is 0.455. The summed E-state index contributed by atoms with van der Waals surface area (Å²) >= 11 is 0. The van der Waals surface area contributed by atoms with Crippen molar-refractivity contribution in [2.45, 2.75) is 19.3 Å². The zero-order valence-corrected chi connectivity index (χ0v) is 10.3. The fourth-order valence-corrected chi connectivity index (χ4v) is 2.27. The summed E-state index contributed by atoms with van der Waals surface area (Å²) in [6.45, 7) is 0.943. The van der Waals surface area contributed by atoms with Gasteiger partial charge in [0.1, 0.15) is 0 Å². The molecule has 0 aromatic heterocycles. The molecular formula is C11H17N3O2S. The number of hydrogen-bond acceptors (Lipinski definition) is 3. The first-order valence-electron chi connectivity index (χ1n) is 5.67. The second-order valence-corrected chi connectivity index (χ2v) is 5.70. The summed E-state index contributed by atoms with van der Waals surface area (Å²) in [6.07, 6.45) is 3.88. The summed E-state index contributed by atoms with van der Waals surface area (Å²) < 4.78 is 24.0. The average Bonchev–Trinajstić information content (AvgIpc) is 2.13. The smallest absolute Gasteiger partial charge is 0.296 e. The summed E-state index contributed by atoms with van der Waals surface area (Å²) in [4.78, 5) is 0. The Morgan fingerprint density at radius 1 is 1.29 bits per heavy atom. The van der Waals surface area contributed by atoms with E-state index in [0.29, 0.717) is 5.69 Å². The van der Waals surface area contributed by atoms with Crippen LogP contribution in [-0.4, -0.2) is 15.0 Å². The number of benzene rings is 1. The van der Waals surface area contributed by atoms with Gasteiger partial charge in [0.25, 0.3) is 10.2 Å². The molecular weight excluding hydrogens is 238 g/mol. The number of rotatable bonds is 5. The van der Waals surface area contributed by atoms with Gasteiger partial charge in [0.05, 0.1) is 5.69 Å². The molecule has 6 heteroatoms. The highest BCUT2D eigenvalue weighted by Gasteiger charge is 2.16.